The molecule has 0 spiro atoms. The van der Waals surface area contributed by atoms with Crippen molar-refractivity contribution in [1.82, 2.24) is 9.66 Å². The zero-order chi connectivity index (χ0) is 18.2. The van der Waals surface area contributed by atoms with Crippen LogP contribution in [-0.2, 0) is 6.42 Å². The summed E-state index contributed by atoms with van der Waals surface area (Å²) in [7, 11) is 0. The SMILES string of the molecule is CCc1nc2ccccc2c(=O)n1N1[C@@H](CO)[C@]1(C)CCC=C(C)C. The van der Waals surface area contributed by atoms with E-state index in [9.17, 15) is 9.90 Å². The van der Waals surface area contributed by atoms with Crippen LogP contribution in [-0.4, -0.2) is 33.0 Å². The highest BCUT2D eigenvalue weighted by atomic mass is 16.3. The zero-order valence-corrected chi connectivity index (χ0v) is 15.5. The van der Waals surface area contributed by atoms with Crippen molar-refractivity contribution in [1.29, 1.82) is 0 Å². The van der Waals surface area contributed by atoms with Crippen molar-refractivity contribution in [2.45, 2.75) is 58.5 Å². The van der Waals surface area contributed by atoms with E-state index in [-0.39, 0.29) is 23.7 Å². The van der Waals surface area contributed by atoms with Gasteiger partial charge in [-0.05, 0) is 45.7 Å². The number of aryl methyl sites for hydroxylation is 1. The van der Waals surface area contributed by atoms with E-state index in [0.717, 1.165) is 24.2 Å². The molecule has 3 rings (SSSR count). The van der Waals surface area contributed by atoms with E-state index in [2.05, 4.69) is 31.8 Å². The molecule has 5 nitrogen and oxygen atoms in total. The van der Waals surface area contributed by atoms with Crippen molar-refractivity contribution in [3.8, 4) is 0 Å². The number of hydrogen-bond acceptors (Lipinski definition) is 4. The van der Waals surface area contributed by atoms with Crippen molar-refractivity contribution in [3.63, 3.8) is 0 Å². The average Bonchev–Trinajstić information content (AvgIpc) is 3.17. The number of rotatable bonds is 6. The minimum atomic E-state index is -0.224. The van der Waals surface area contributed by atoms with Crippen LogP contribution in [0, 0.1) is 0 Å². The second-order valence-corrected chi connectivity index (χ2v) is 7.24. The monoisotopic (exact) mass is 341 g/mol. The molecule has 2 aromatic rings. The molecule has 0 aliphatic carbocycles. The molecular weight excluding hydrogens is 314 g/mol. The first-order valence-corrected chi connectivity index (χ1v) is 8.98. The average molecular weight is 341 g/mol. The van der Waals surface area contributed by atoms with Crippen LogP contribution in [0.5, 0.6) is 0 Å². The molecule has 2 heterocycles. The molecule has 1 aromatic carbocycles. The molecule has 0 radical (unpaired) electrons. The van der Waals surface area contributed by atoms with Crippen LogP contribution in [0.2, 0.25) is 0 Å². The molecule has 1 fully saturated rings. The van der Waals surface area contributed by atoms with E-state index < -0.39 is 0 Å². The summed E-state index contributed by atoms with van der Waals surface area (Å²) >= 11 is 0. The second-order valence-electron chi connectivity index (χ2n) is 7.24. The molecule has 0 unspecified atom stereocenters. The summed E-state index contributed by atoms with van der Waals surface area (Å²) in [5.41, 5.74) is 1.75. The molecule has 1 aliphatic rings. The van der Waals surface area contributed by atoms with Crippen LogP contribution in [0.1, 0.15) is 46.4 Å². The number of aliphatic hydroxyl groups is 1. The van der Waals surface area contributed by atoms with Crippen LogP contribution < -0.4 is 10.6 Å². The van der Waals surface area contributed by atoms with Crippen molar-refractivity contribution < 1.29 is 5.11 Å². The molecule has 0 saturated carbocycles. The van der Waals surface area contributed by atoms with Gasteiger partial charge in [0.2, 0.25) is 0 Å². The molecule has 1 aliphatic heterocycles. The fourth-order valence-electron chi connectivity index (χ4n) is 3.68. The van der Waals surface area contributed by atoms with E-state index in [1.165, 1.54) is 5.57 Å². The number of allylic oxidation sites excluding steroid dienone is 2. The third-order valence-electron chi connectivity index (χ3n) is 5.20. The first-order chi connectivity index (χ1) is 11.9. The molecule has 134 valence electrons. The minimum absolute atomic E-state index is 0.0355. The van der Waals surface area contributed by atoms with Crippen LogP contribution in [0.3, 0.4) is 0 Å². The van der Waals surface area contributed by atoms with E-state index in [0.29, 0.717) is 11.8 Å². The van der Waals surface area contributed by atoms with E-state index in [1.54, 1.807) is 4.68 Å². The Kier molecular flexibility index (Phi) is 4.69. The van der Waals surface area contributed by atoms with Crippen molar-refractivity contribution in [2.24, 2.45) is 0 Å². The maximum absolute atomic E-state index is 13.1. The number of fused-ring (bicyclic) bond motifs is 1. The Hall–Kier alpha value is -2.14. The highest BCUT2D eigenvalue weighted by molar-refractivity contribution is 5.77. The normalized spacial score (nSPS) is 22.3. The summed E-state index contributed by atoms with van der Waals surface area (Å²) in [6.07, 6.45) is 4.70. The van der Waals surface area contributed by atoms with Crippen LogP contribution in [0.25, 0.3) is 10.9 Å². The van der Waals surface area contributed by atoms with Gasteiger partial charge in [-0.3, -0.25) is 9.80 Å². The predicted octanol–water partition coefficient (Wildman–Crippen LogP) is 2.78. The topological polar surface area (TPSA) is 58.1 Å². The first kappa shape index (κ1) is 17.7. The minimum Gasteiger partial charge on any atom is -0.394 e. The van der Waals surface area contributed by atoms with E-state index >= 15 is 0 Å². The molecule has 1 aromatic heterocycles. The maximum Gasteiger partial charge on any atom is 0.280 e. The summed E-state index contributed by atoms with van der Waals surface area (Å²) in [5, 5.41) is 12.5. The lowest BCUT2D eigenvalue weighted by molar-refractivity contribution is 0.287. The Morgan fingerprint density at radius 1 is 1.36 bits per heavy atom. The Balaban J connectivity index is 2.04. The lowest BCUT2D eigenvalue weighted by Crippen LogP contribution is -2.37. The van der Waals surface area contributed by atoms with Crippen LogP contribution in [0.15, 0.2) is 40.7 Å². The van der Waals surface area contributed by atoms with Crippen molar-refractivity contribution in [2.75, 3.05) is 11.6 Å². The Labute approximate surface area is 148 Å². The van der Waals surface area contributed by atoms with Gasteiger partial charge in [-0.25, -0.2) is 9.66 Å². The molecule has 1 N–H and O–H groups in total. The molecule has 0 amide bonds. The number of nitrogens with zero attached hydrogens (tertiary/aromatic N) is 3. The highest BCUT2D eigenvalue weighted by Crippen LogP contribution is 2.42. The molecule has 25 heavy (non-hydrogen) atoms. The summed E-state index contributed by atoms with van der Waals surface area (Å²) in [6.45, 7) is 8.33. The largest absolute Gasteiger partial charge is 0.394 e. The Morgan fingerprint density at radius 2 is 2.08 bits per heavy atom. The third-order valence-corrected chi connectivity index (χ3v) is 5.20. The maximum atomic E-state index is 13.1. The lowest BCUT2D eigenvalue weighted by atomic mass is 10.0. The smallest absolute Gasteiger partial charge is 0.280 e. The molecule has 0 bridgehead atoms. The zero-order valence-electron chi connectivity index (χ0n) is 15.5. The quantitative estimate of drug-likeness (QED) is 0.648. The molecular formula is C20H27N3O2. The number of aromatic nitrogens is 2. The van der Waals surface area contributed by atoms with Gasteiger partial charge in [0, 0.05) is 6.42 Å². The van der Waals surface area contributed by atoms with Gasteiger partial charge in [0.1, 0.15) is 5.82 Å². The second kappa shape index (κ2) is 6.64. The summed E-state index contributed by atoms with van der Waals surface area (Å²) in [5.74, 6) is 0.744. The third kappa shape index (κ3) is 2.97. The summed E-state index contributed by atoms with van der Waals surface area (Å²) < 4.78 is 1.70. The number of aliphatic hydroxyl groups excluding tert-OH is 1. The fraction of sp³-hybridized carbons (Fsp3) is 0.500. The Morgan fingerprint density at radius 3 is 2.72 bits per heavy atom. The van der Waals surface area contributed by atoms with E-state index in [4.69, 9.17) is 0 Å². The fourth-order valence-corrected chi connectivity index (χ4v) is 3.68. The van der Waals surface area contributed by atoms with Gasteiger partial charge < -0.3 is 5.11 Å². The predicted molar refractivity (Wildman–Crippen MR) is 102 cm³/mol. The lowest BCUT2D eigenvalue weighted by Gasteiger charge is -2.18. The molecule has 1 saturated heterocycles. The van der Waals surface area contributed by atoms with Gasteiger partial charge in [0.05, 0.1) is 29.1 Å². The molecule has 2 atom stereocenters. The van der Waals surface area contributed by atoms with Crippen molar-refractivity contribution in [3.05, 3.63) is 52.1 Å². The number of para-hydroxylation sites is 1. The summed E-state index contributed by atoms with van der Waals surface area (Å²) in [6, 6.07) is 7.40. The number of benzene rings is 1. The first-order valence-electron chi connectivity index (χ1n) is 8.98. The van der Waals surface area contributed by atoms with Gasteiger partial charge in [-0.15, -0.1) is 0 Å². The van der Waals surface area contributed by atoms with Gasteiger partial charge in [0.15, 0.2) is 0 Å². The summed E-state index contributed by atoms with van der Waals surface area (Å²) in [4.78, 5) is 17.8. The van der Waals surface area contributed by atoms with Crippen LogP contribution >= 0.6 is 0 Å². The van der Waals surface area contributed by atoms with Crippen LogP contribution in [0.4, 0.5) is 0 Å². The highest BCUT2D eigenvalue weighted by Gasteiger charge is 2.59. The number of hydrogen-bond donors (Lipinski definition) is 1. The van der Waals surface area contributed by atoms with Gasteiger partial charge in [0.25, 0.3) is 5.56 Å². The van der Waals surface area contributed by atoms with Gasteiger partial charge >= 0.3 is 0 Å². The van der Waals surface area contributed by atoms with E-state index in [1.807, 2.05) is 36.2 Å². The molecule has 5 heteroatoms. The van der Waals surface area contributed by atoms with Gasteiger partial charge in [-0.1, -0.05) is 30.7 Å². The van der Waals surface area contributed by atoms with Gasteiger partial charge in [-0.2, -0.15) is 0 Å². The van der Waals surface area contributed by atoms with Crippen molar-refractivity contribution >= 4 is 10.9 Å². The standard InChI is InChI=1S/C20H27N3O2/c1-5-18-21-16-11-7-6-10-15(16)19(25)22(18)23-17(13-24)20(23,4)12-8-9-14(2)3/h6-7,9-11,17,24H,5,8,12-13H2,1-4H3/t17-,20-,23?/m0/s1. The Bertz CT molecular complexity index is 867.